The van der Waals surface area contributed by atoms with E-state index in [-0.39, 0.29) is 12.7 Å². The molecular formula is C9H18O6. The maximum Gasteiger partial charge on any atom is 0.184 e. The quantitative estimate of drug-likeness (QED) is 0.450. The topological polar surface area (TPSA) is 99.4 Å². The largest absolute Gasteiger partial charge is 0.387 e. The monoisotopic (exact) mass is 222 g/mol. The molecule has 0 aromatic heterocycles. The molecule has 1 heterocycles. The molecule has 0 spiro atoms. The number of hydrogen-bond acceptors (Lipinski definition) is 6. The summed E-state index contributed by atoms with van der Waals surface area (Å²) in [4.78, 5) is 0. The minimum absolute atomic E-state index is 0.0399. The van der Waals surface area contributed by atoms with Crippen LogP contribution in [0, 0.1) is 0 Å². The number of ether oxygens (including phenoxy) is 2. The maximum atomic E-state index is 9.51. The SMILES string of the molecule is CC(C)OC[C@H]1O[C@@H](O)[C@H](O)[C@@H](O)[C@@H]1O. The highest BCUT2D eigenvalue weighted by molar-refractivity contribution is 4.88. The molecule has 1 saturated heterocycles. The molecular weight excluding hydrogens is 204 g/mol. The van der Waals surface area contributed by atoms with Crippen molar-refractivity contribution < 1.29 is 29.9 Å². The van der Waals surface area contributed by atoms with Gasteiger partial charge < -0.3 is 29.9 Å². The standard InChI is InChI=1S/C9H18O6/c1-4(2)14-3-5-6(10)7(11)8(12)9(13)15-5/h4-13H,3H2,1-2H3/t5-,6-,7+,8-,9-/m1/s1. The van der Waals surface area contributed by atoms with Gasteiger partial charge in [0.05, 0.1) is 12.7 Å². The van der Waals surface area contributed by atoms with Crippen LogP contribution in [0.5, 0.6) is 0 Å². The normalized spacial score (nSPS) is 42.2. The van der Waals surface area contributed by atoms with E-state index in [1.54, 1.807) is 0 Å². The van der Waals surface area contributed by atoms with Gasteiger partial charge in [0.1, 0.15) is 24.4 Å². The molecule has 0 aliphatic carbocycles. The van der Waals surface area contributed by atoms with Crippen molar-refractivity contribution in [2.75, 3.05) is 6.61 Å². The summed E-state index contributed by atoms with van der Waals surface area (Å²) in [6.45, 7) is 3.69. The average molecular weight is 222 g/mol. The maximum absolute atomic E-state index is 9.51. The Morgan fingerprint density at radius 2 is 1.67 bits per heavy atom. The van der Waals surface area contributed by atoms with Crippen molar-refractivity contribution in [3.63, 3.8) is 0 Å². The molecule has 6 heteroatoms. The van der Waals surface area contributed by atoms with Gasteiger partial charge in [0.25, 0.3) is 0 Å². The molecule has 0 aromatic rings. The molecule has 6 nitrogen and oxygen atoms in total. The third-order valence-electron chi connectivity index (χ3n) is 2.28. The third-order valence-corrected chi connectivity index (χ3v) is 2.28. The Kier molecular flexibility index (Phi) is 4.45. The summed E-state index contributed by atoms with van der Waals surface area (Å²) in [5.41, 5.74) is 0. The Morgan fingerprint density at radius 1 is 1.07 bits per heavy atom. The van der Waals surface area contributed by atoms with Crippen molar-refractivity contribution in [2.24, 2.45) is 0 Å². The minimum Gasteiger partial charge on any atom is -0.387 e. The van der Waals surface area contributed by atoms with Crippen LogP contribution >= 0.6 is 0 Å². The molecule has 1 aliphatic heterocycles. The second-order valence-corrected chi connectivity index (χ2v) is 3.92. The zero-order valence-corrected chi connectivity index (χ0v) is 8.78. The van der Waals surface area contributed by atoms with E-state index in [2.05, 4.69) is 0 Å². The van der Waals surface area contributed by atoms with Gasteiger partial charge in [0.2, 0.25) is 0 Å². The lowest BCUT2D eigenvalue weighted by Gasteiger charge is -2.38. The second kappa shape index (κ2) is 5.20. The Morgan fingerprint density at radius 3 is 2.20 bits per heavy atom. The van der Waals surface area contributed by atoms with Crippen LogP contribution in [0.15, 0.2) is 0 Å². The minimum atomic E-state index is -1.50. The van der Waals surface area contributed by atoms with Gasteiger partial charge in [-0.15, -0.1) is 0 Å². The average Bonchev–Trinajstić information content (AvgIpc) is 2.18. The summed E-state index contributed by atoms with van der Waals surface area (Å²) in [7, 11) is 0. The Bertz CT molecular complexity index is 197. The summed E-state index contributed by atoms with van der Waals surface area (Å²) in [5, 5.41) is 37.3. The first-order valence-corrected chi connectivity index (χ1v) is 4.92. The summed E-state index contributed by atoms with van der Waals surface area (Å²) < 4.78 is 10.1. The lowest BCUT2D eigenvalue weighted by Crippen LogP contribution is -2.58. The fourth-order valence-electron chi connectivity index (χ4n) is 1.36. The first-order chi connectivity index (χ1) is 6.93. The van der Waals surface area contributed by atoms with Gasteiger partial charge in [-0.05, 0) is 13.8 Å². The van der Waals surface area contributed by atoms with Crippen molar-refractivity contribution >= 4 is 0 Å². The smallest absolute Gasteiger partial charge is 0.184 e. The first-order valence-electron chi connectivity index (χ1n) is 4.92. The van der Waals surface area contributed by atoms with Crippen LogP contribution in [0.4, 0.5) is 0 Å². The van der Waals surface area contributed by atoms with E-state index in [1.165, 1.54) is 0 Å². The molecule has 0 amide bonds. The van der Waals surface area contributed by atoms with Crippen molar-refractivity contribution in [2.45, 2.75) is 50.7 Å². The zero-order valence-electron chi connectivity index (χ0n) is 8.78. The van der Waals surface area contributed by atoms with Crippen LogP contribution in [-0.4, -0.2) is 63.8 Å². The summed E-state index contributed by atoms with van der Waals surface area (Å²) in [6, 6.07) is 0. The van der Waals surface area contributed by atoms with Gasteiger partial charge in [-0.25, -0.2) is 0 Å². The van der Waals surface area contributed by atoms with Gasteiger partial charge in [-0.2, -0.15) is 0 Å². The highest BCUT2D eigenvalue weighted by Crippen LogP contribution is 2.20. The van der Waals surface area contributed by atoms with Crippen LogP contribution < -0.4 is 0 Å². The Labute approximate surface area is 88.1 Å². The molecule has 90 valence electrons. The number of aliphatic hydroxyl groups excluding tert-OH is 4. The van der Waals surface area contributed by atoms with Crippen LogP contribution in [0.1, 0.15) is 13.8 Å². The molecule has 1 fully saturated rings. The Balaban J connectivity index is 2.51. The van der Waals surface area contributed by atoms with Gasteiger partial charge in [-0.3, -0.25) is 0 Å². The van der Waals surface area contributed by atoms with E-state index in [4.69, 9.17) is 9.47 Å². The summed E-state index contributed by atoms with van der Waals surface area (Å²) in [6.07, 6.45) is -6.54. The lowest BCUT2D eigenvalue weighted by molar-refractivity contribution is -0.289. The predicted octanol–water partition coefficient (Wildman–Crippen LogP) is -1.79. The van der Waals surface area contributed by atoms with Gasteiger partial charge in [-0.1, -0.05) is 0 Å². The fraction of sp³-hybridized carbons (Fsp3) is 1.00. The van der Waals surface area contributed by atoms with Crippen molar-refractivity contribution in [1.29, 1.82) is 0 Å². The predicted molar refractivity (Wildman–Crippen MR) is 50.0 cm³/mol. The van der Waals surface area contributed by atoms with Crippen molar-refractivity contribution in [3.05, 3.63) is 0 Å². The highest BCUT2D eigenvalue weighted by Gasteiger charge is 2.42. The van der Waals surface area contributed by atoms with Gasteiger partial charge in [0.15, 0.2) is 6.29 Å². The molecule has 0 saturated carbocycles. The highest BCUT2D eigenvalue weighted by atomic mass is 16.6. The summed E-state index contributed by atoms with van der Waals surface area (Å²) in [5.74, 6) is 0. The van der Waals surface area contributed by atoms with Crippen molar-refractivity contribution in [1.82, 2.24) is 0 Å². The molecule has 5 atom stereocenters. The van der Waals surface area contributed by atoms with Crippen LogP contribution in [0.3, 0.4) is 0 Å². The molecule has 0 bridgehead atoms. The molecule has 4 N–H and O–H groups in total. The van der Waals surface area contributed by atoms with Gasteiger partial charge in [0, 0.05) is 0 Å². The van der Waals surface area contributed by atoms with Crippen LogP contribution in [-0.2, 0) is 9.47 Å². The van der Waals surface area contributed by atoms with Crippen LogP contribution in [0.25, 0.3) is 0 Å². The zero-order chi connectivity index (χ0) is 11.6. The van der Waals surface area contributed by atoms with E-state index < -0.39 is 30.7 Å². The van der Waals surface area contributed by atoms with Crippen molar-refractivity contribution in [3.8, 4) is 0 Å². The van der Waals surface area contributed by atoms with E-state index >= 15 is 0 Å². The molecule has 1 rings (SSSR count). The second-order valence-electron chi connectivity index (χ2n) is 3.92. The molecule has 0 unspecified atom stereocenters. The molecule has 1 aliphatic rings. The lowest BCUT2D eigenvalue weighted by atomic mass is 9.99. The van der Waals surface area contributed by atoms with E-state index in [0.29, 0.717) is 0 Å². The van der Waals surface area contributed by atoms with E-state index in [1.807, 2.05) is 13.8 Å². The summed E-state index contributed by atoms with van der Waals surface area (Å²) >= 11 is 0. The number of hydrogen-bond donors (Lipinski definition) is 4. The number of aliphatic hydroxyl groups is 4. The van der Waals surface area contributed by atoms with E-state index in [0.717, 1.165) is 0 Å². The Hall–Kier alpha value is -0.240. The van der Waals surface area contributed by atoms with Gasteiger partial charge >= 0.3 is 0 Å². The van der Waals surface area contributed by atoms with E-state index in [9.17, 15) is 20.4 Å². The molecule has 0 aromatic carbocycles. The number of rotatable bonds is 3. The fourth-order valence-corrected chi connectivity index (χ4v) is 1.36. The third kappa shape index (κ3) is 3.10. The van der Waals surface area contributed by atoms with Crippen LogP contribution in [0.2, 0.25) is 0 Å². The molecule has 15 heavy (non-hydrogen) atoms. The molecule has 0 radical (unpaired) electrons. The first kappa shape index (κ1) is 12.8.